The third-order valence-corrected chi connectivity index (χ3v) is 9.68. The molecule has 4 aliphatic rings. The Hall–Kier alpha value is -5.49. The number of aromatic nitrogens is 2. The van der Waals surface area contributed by atoms with E-state index in [1.165, 1.54) is 33.6 Å². The summed E-state index contributed by atoms with van der Waals surface area (Å²) in [6, 6.07) is 47.6. The van der Waals surface area contributed by atoms with Gasteiger partial charge in [-0.15, -0.1) is 0 Å². The first-order chi connectivity index (χ1) is 22.3. The molecular weight excluding hydrogens is 550 g/mol. The fourth-order valence-electron chi connectivity index (χ4n) is 7.74. The van der Waals surface area contributed by atoms with E-state index in [0.717, 1.165) is 47.5 Å². The number of nitrogens with zero attached hydrogens (tertiary/aromatic N) is 6. The Morgan fingerprint density at radius 1 is 0.444 bits per heavy atom. The van der Waals surface area contributed by atoms with E-state index >= 15 is 0 Å². The molecule has 6 aromatic rings. The summed E-state index contributed by atoms with van der Waals surface area (Å²) in [5.41, 5.74) is 10.6. The molecule has 10 rings (SSSR count). The van der Waals surface area contributed by atoms with Gasteiger partial charge >= 0.3 is 15.1 Å². The Kier molecular flexibility index (Phi) is 5.12. The van der Waals surface area contributed by atoms with Crippen molar-refractivity contribution in [3.63, 3.8) is 0 Å². The summed E-state index contributed by atoms with van der Waals surface area (Å²) < 4.78 is 0. The van der Waals surface area contributed by atoms with Gasteiger partial charge in [0.05, 0.1) is 22.8 Å². The van der Waals surface area contributed by atoms with Crippen LogP contribution in [0.2, 0.25) is 0 Å². The SMILES string of the molecule is [B]1N2CCN3[B]N(c4cccc(n4)C4(c5cccc(n5)N1c1ccccc12)c1ccccc1-c1ccccc14)c1ccccc13. The number of hydrogen-bond acceptors (Lipinski definition) is 6. The third kappa shape index (κ3) is 3.37. The quantitative estimate of drug-likeness (QED) is 0.184. The van der Waals surface area contributed by atoms with E-state index in [0.29, 0.717) is 0 Å². The molecule has 0 saturated heterocycles. The van der Waals surface area contributed by atoms with Crippen LogP contribution in [0.25, 0.3) is 11.1 Å². The summed E-state index contributed by atoms with van der Waals surface area (Å²) in [7, 11) is 4.41. The van der Waals surface area contributed by atoms with Crippen molar-refractivity contribution >= 4 is 49.5 Å². The summed E-state index contributed by atoms with van der Waals surface area (Å²) in [4.78, 5) is 20.2. The molecular formula is C37H26B2N6. The number of benzene rings is 4. The van der Waals surface area contributed by atoms with Crippen LogP contribution in [0, 0.1) is 0 Å². The van der Waals surface area contributed by atoms with Crippen LogP contribution in [-0.4, -0.2) is 38.2 Å². The second-order valence-corrected chi connectivity index (χ2v) is 11.9. The topological polar surface area (TPSA) is 38.7 Å². The van der Waals surface area contributed by atoms with Crippen LogP contribution in [0.4, 0.5) is 34.4 Å². The van der Waals surface area contributed by atoms with Crippen LogP contribution >= 0.6 is 0 Å². The lowest BCUT2D eigenvalue weighted by atomic mass is 9.72. The zero-order chi connectivity index (χ0) is 29.5. The van der Waals surface area contributed by atoms with E-state index < -0.39 is 5.41 Å². The second kappa shape index (κ2) is 9.26. The van der Waals surface area contributed by atoms with Crippen LogP contribution < -0.4 is 19.2 Å². The summed E-state index contributed by atoms with van der Waals surface area (Å²) >= 11 is 0. The molecule has 210 valence electrons. The molecule has 0 fully saturated rings. The molecule has 6 nitrogen and oxygen atoms in total. The fraction of sp³-hybridized carbons (Fsp3) is 0.0811. The highest BCUT2D eigenvalue weighted by Crippen LogP contribution is 2.56. The Balaban J connectivity index is 1.29. The lowest BCUT2D eigenvalue weighted by Crippen LogP contribution is -2.41. The maximum absolute atomic E-state index is 5.53. The van der Waals surface area contributed by atoms with Crippen molar-refractivity contribution in [2.45, 2.75) is 5.41 Å². The lowest BCUT2D eigenvalue weighted by molar-refractivity contribution is 0.707. The second-order valence-electron chi connectivity index (χ2n) is 11.9. The third-order valence-electron chi connectivity index (χ3n) is 9.68. The monoisotopic (exact) mass is 576 g/mol. The van der Waals surface area contributed by atoms with Gasteiger partial charge < -0.3 is 19.2 Å². The molecule has 8 bridgehead atoms. The molecule has 8 heteroatoms. The average Bonchev–Trinajstić information content (AvgIpc) is 3.76. The zero-order valence-electron chi connectivity index (χ0n) is 24.5. The van der Waals surface area contributed by atoms with Gasteiger partial charge in [0.25, 0.3) is 0 Å². The van der Waals surface area contributed by atoms with E-state index in [-0.39, 0.29) is 0 Å². The van der Waals surface area contributed by atoms with Crippen molar-refractivity contribution in [3.8, 4) is 11.1 Å². The minimum absolute atomic E-state index is 0.711. The maximum atomic E-state index is 5.53. The van der Waals surface area contributed by atoms with Crippen LogP contribution in [0.3, 0.4) is 0 Å². The zero-order valence-corrected chi connectivity index (χ0v) is 24.5. The van der Waals surface area contributed by atoms with Gasteiger partial charge in [-0.3, -0.25) is 0 Å². The molecule has 45 heavy (non-hydrogen) atoms. The molecule has 0 saturated carbocycles. The molecule has 0 atom stereocenters. The number of para-hydroxylation sites is 4. The predicted molar refractivity (Wildman–Crippen MR) is 183 cm³/mol. The number of rotatable bonds is 0. The van der Waals surface area contributed by atoms with Crippen molar-refractivity contribution in [3.05, 3.63) is 156 Å². The van der Waals surface area contributed by atoms with Crippen LogP contribution in [-0.2, 0) is 5.41 Å². The summed E-state index contributed by atoms with van der Waals surface area (Å²) in [6.07, 6.45) is 0. The van der Waals surface area contributed by atoms with E-state index in [2.05, 4.69) is 168 Å². The van der Waals surface area contributed by atoms with Crippen molar-refractivity contribution in [1.29, 1.82) is 0 Å². The highest BCUT2D eigenvalue weighted by Gasteiger charge is 2.49. The van der Waals surface area contributed by atoms with Gasteiger partial charge in [-0.2, -0.15) is 0 Å². The smallest absolute Gasteiger partial charge is 0.395 e. The van der Waals surface area contributed by atoms with E-state index in [1.807, 2.05) is 0 Å². The number of hydrogen-bond donors (Lipinski definition) is 0. The summed E-state index contributed by atoms with van der Waals surface area (Å²) in [5.74, 6) is 1.77. The standard InChI is InChI=1S/C37H26B2N6/c1-3-13-27-25(11-1)26-12-2-4-14-28(26)37(27)33-19-9-21-35(40-33)44-31-17-7-5-15-29(31)42(38-44)23-24-43-30-16-6-8-18-32(30)45(39-43)36-22-10-20-34(37)41-36/h1-22H,23-24H2. The molecule has 2 aromatic heterocycles. The van der Waals surface area contributed by atoms with Crippen LogP contribution in [0.5, 0.6) is 0 Å². The minimum atomic E-state index is -0.711. The van der Waals surface area contributed by atoms with Gasteiger partial charge in [0.15, 0.2) is 0 Å². The average molecular weight is 576 g/mol. The Morgan fingerprint density at radius 3 is 1.36 bits per heavy atom. The first-order valence-electron chi connectivity index (χ1n) is 15.4. The molecule has 4 aromatic carbocycles. The largest absolute Gasteiger partial charge is 0.397 e. The lowest BCUT2D eigenvalue weighted by Gasteiger charge is -2.33. The highest BCUT2D eigenvalue weighted by molar-refractivity contribution is 6.54. The first kappa shape index (κ1) is 24.9. The molecule has 0 unspecified atom stereocenters. The molecule has 1 aliphatic carbocycles. The maximum Gasteiger partial charge on any atom is 0.397 e. The highest BCUT2D eigenvalue weighted by atomic mass is 15.3. The van der Waals surface area contributed by atoms with Crippen molar-refractivity contribution < 1.29 is 0 Å². The van der Waals surface area contributed by atoms with E-state index in [1.54, 1.807) is 0 Å². The van der Waals surface area contributed by atoms with E-state index in [9.17, 15) is 0 Å². The van der Waals surface area contributed by atoms with Crippen molar-refractivity contribution in [1.82, 2.24) is 9.97 Å². The molecule has 3 aliphatic heterocycles. The van der Waals surface area contributed by atoms with Crippen LogP contribution in [0.1, 0.15) is 22.5 Å². The molecule has 5 heterocycles. The Morgan fingerprint density at radius 2 is 0.867 bits per heavy atom. The Bertz CT molecular complexity index is 2000. The molecule has 0 amide bonds. The minimum Gasteiger partial charge on any atom is -0.395 e. The van der Waals surface area contributed by atoms with Crippen molar-refractivity contribution in [2.75, 3.05) is 32.3 Å². The van der Waals surface area contributed by atoms with Gasteiger partial charge in [-0.25, -0.2) is 9.97 Å². The van der Waals surface area contributed by atoms with Gasteiger partial charge in [-0.1, -0.05) is 84.9 Å². The molecule has 2 radical (unpaired) electrons. The summed E-state index contributed by atoms with van der Waals surface area (Å²) in [5, 5.41) is 0. The fourth-order valence-corrected chi connectivity index (χ4v) is 7.74. The van der Waals surface area contributed by atoms with Gasteiger partial charge in [0, 0.05) is 24.5 Å². The summed E-state index contributed by atoms with van der Waals surface area (Å²) in [6.45, 7) is 1.62. The van der Waals surface area contributed by atoms with Crippen molar-refractivity contribution in [2.24, 2.45) is 0 Å². The van der Waals surface area contributed by atoms with Gasteiger partial charge in [-0.05, 0) is 70.8 Å². The molecule has 1 spiro atoms. The molecule has 0 N–H and O–H groups in total. The van der Waals surface area contributed by atoms with E-state index in [4.69, 9.17) is 9.97 Å². The first-order valence-corrected chi connectivity index (χ1v) is 15.4. The predicted octanol–water partition coefficient (Wildman–Crippen LogP) is 6.84. The number of pyridine rings is 2. The van der Waals surface area contributed by atoms with Crippen LogP contribution in [0.15, 0.2) is 133 Å². The van der Waals surface area contributed by atoms with Gasteiger partial charge in [0.2, 0.25) is 0 Å². The number of anilines is 6. The normalized spacial score (nSPS) is 16.2. The Labute approximate surface area is 263 Å². The van der Waals surface area contributed by atoms with Gasteiger partial charge in [0.1, 0.15) is 17.1 Å². The number of fused-ring (bicyclic) bond motifs is 23.